The normalized spacial score (nSPS) is 26.8. The first-order valence-corrected chi connectivity index (χ1v) is 11.4. The van der Waals surface area contributed by atoms with Crippen molar-refractivity contribution in [1.29, 1.82) is 0 Å². The van der Waals surface area contributed by atoms with Gasteiger partial charge in [-0.25, -0.2) is 8.78 Å². The topological polar surface area (TPSA) is 9.23 Å². The fraction of sp³-hybridized carbons (Fsp3) is 0.538. The van der Waals surface area contributed by atoms with E-state index < -0.39 is 17.5 Å². The molecule has 0 spiro atoms. The zero-order valence-corrected chi connectivity index (χ0v) is 17.9. The third-order valence-electron chi connectivity index (χ3n) is 7.40. The Balaban J connectivity index is 1.61. The van der Waals surface area contributed by atoms with Gasteiger partial charge in [-0.3, -0.25) is 0 Å². The second kappa shape index (κ2) is 9.03. The van der Waals surface area contributed by atoms with Crippen LogP contribution in [0.4, 0.5) is 13.2 Å². The molecule has 0 aromatic heterocycles. The summed E-state index contributed by atoms with van der Waals surface area (Å²) in [5.41, 5.74) is 0.904. The molecule has 2 aliphatic carbocycles. The SMILES string of the molecule is C/C=C/COc1cc2cc([C@@H]3CC[C@@H]4CC(CC)CCC4C3)cc(F)c2c(F)c1F. The van der Waals surface area contributed by atoms with E-state index in [0.717, 1.165) is 30.2 Å². The summed E-state index contributed by atoms with van der Waals surface area (Å²) in [7, 11) is 0. The summed E-state index contributed by atoms with van der Waals surface area (Å²) in [5.74, 6) is -0.519. The van der Waals surface area contributed by atoms with Crippen LogP contribution in [0.5, 0.6) is 5.75 Å². The molecule has 2 fully saturated rings. The standard InChI is InChI=1S/C26H31F3O/c1-3-5-10-30-23-15-21-13-20(14-22(27)24(21)26(29)25(23)28)19-9-8-17-11-16(4-2)6-7-18(17)12-19/h3,5,13-19H,4,6-12H2,1-2H3/b5-3+/t16?,17-,18?,19-/m1/s1. The van der Waals surface area contributed by atoms with Crippen molar-refractivity contribution in [2.75, 3.05) is 6.61 Å². The minimum absolute atomic E-state index is 0.144. The summed E-state index contributed by atoms with van der Waals surface area (Å²) in [4.78, 5) is 0. The van der Waals surface area contributed by atoms with E-state index in [4.69, 9.17) is 4.74 Å². The molecule has 0 N–H and O–H groups in total. The quantitative estimate of drug-likeness (QED) is 0.450. The first-order valence-electron chi connectivity index (χ1n) is 11.4. The van der Waals surface area contributed by atoms with E-state index in [2.05, 4.69) is 6.92 Å². The highest BCUT2D eigenvalue weighted by Crippen LogP contribution is 2.48. The number of fused-ring (bicyclic) bond motifs is 2. The zero-order valence-electron chi connectivity index (χ0n) is 17.9. The molecule has 30 heavy (non-hydrogen) atoms. The lowest BCUT2D eigenvalue weighted by atomic mass is 9.63. The molecule has 0 bridgehead atoms. The minimum atomic E-state index is -1.17. The summed E-state index contributed by atoms with van der Waals surface area (Å²) < 4.78 is 49.1. The molecule has 2 saturated carbocycles. The Morgan fingerprint density at radius 1 is 0.967 bits per heavy atom. The molecule has 1 nitrogen and oxygen atoms in total. The number of allylic oxidation sites excluding steroid dienone is 1. The molecule has 2 unspecified atom stereocenters. The predicted octanol–water partition coefficient (Wildman–Crippen LogP) is 7.92. The fourth-order valence-electron chi connectivity index (χ4n) is 5.65. The molecule has 0 amide bonds. The van der Waals surface area contributed by atoms with Crippen LogP contribution in [0.2, 0.25) is 0 Å². The van der Waals surface area contributed by atoms with Gasteiger partial charge in [0.05, 0.1) is 5.39 Å². The molecule has 162 valence electrons. The van der Waals surface area contributed by atoms with Gasteiger partial charge in [-0.05, 0) is 85.8 Å². The maximum Gasteiger partial charge on any atom is 0.201 e. The molecule has 2 aromatic carbocycles. The third kappa shape index (κ3) is 4.10. The maximum atomic E-state index is 14.9. The Bertz CT molecular complexity index is 936. The molecule has 4 rings (SSSR count). The summed E-state index contributed by atoms with van der Waals surface area (Å²) in [6.45, 7) is 4.25. The van der Waals surface area contributed by atoms with E-state index in [-0.39, 0.29) is 23.7 Å². The van der Waals surface area contributed by atoms with E-state index in [1.54, 1.807) is 12.2 Å². The van der Waals surface area contributed by atoms with Crippen LogP contribution < -0.4 is 4.74 Å². The Morgan fingerprint density at radius 3 is 2.50 bits per heavy atom. The first kappa shape index (κ1) is 21.3. The highest BCUT2D eigenvalue weighted by Gasteiger charge is 2.35. The van der Waals surface area contributed by atoms with Crippen LogP contribution in [-0.2, 0) is 0 Å². The van der Waals surface area contributed by atoms with Gasteiger partial charge < -0.3 is 4.74 Å². The van der Waals surface area contributed by atoms with Crippen LogP contribution in [0.1, 0.15) is 70.3 Å². The number of halogens is 3. The first-order chi connectivity index (χ1) is 14.5. The Kier molecular flexibility index (Phi) is 6.40. The van der Waals surface area contributed by atoms with Crippen molar-refractivity contribution in [1.82, 2.24) is 0 Å². The average molecular weight is 417 g/mol. The lowest BCUT2D eigenvalue weighted by Crippen LogP contribution is -2.30. The van der Waals surface area contributed by atoms with Crippen LogP contribution in [0.25, 0.3) is 10.8 Å². The van der Waals surface area contributed by atoms with Gasteiger partial charge in [-0.2, -0.15) is 4.39 Å². The minimum Gasteiger partial charge on any atom is -0.486 e. The monoisotopic (exact) mass is 416 g/mol. The van der Waals surface area contributed by atoms with Gasteiger partial charge in [0.2, 0.25) is 5.82 Å². The molecule has 0 heterocycles. The van der Waals surface area contributed by atoms with Crippen LogP contribution in [-0.4, -0.2) is 6.61 Å². The predicted molar refractivity (Wildman–Crippen MR) is 115 cm³/mol. The highest BCUT2D eigenvalue weighted by molar-refractivity contribution is 5.86. The summed E-state index contributed by atoms with van der Waals surface area (Å²) >= 11 is 0. The molecular formula is C26H31F3O. The lowest BCUT2D eigenvalue weighted by Gasteiger charge is -2.42. The number of benzene rings is 2. The van der Waals surface area contributed by atoms with E-state index >= 15 is 0 Å². The number of hydrogen-bond donors (Lipinski definition) is 0. The molecule has 0 radical (unpaired) electrons. The smallest absolute Gasteiger partial charge is 0.201 e. The van der Waals surface area contributed by atoms with Crippen molar-refractivity contribution in [3.8, 4) is 5.75 Å². The van der Waals surface area contributed by atoms with Crippen molar-refractivity contribution in [3.05, 3.63) is 53.4 Å². The van der Waals surface area contributed by atoms with E-state index in [1.807, 2.05) is 13.0 Å². The highest BCUT2D eigenvalue weighted by atomic mass is 19.2. The number of rotatable bonds is 5. The number of ether oxygens (including phenoxy) is 1. The van der Waals surface area contributed by atoms with Gasteiger partial charge in [0.25, 0.3) is 0 Å². The number of hydrogen-bond acceptors (Lipinski definition) is 1. The largest absolute Gasteiger partial charge is 0.486 e. The second-order valence-corrected chi connectivity index (χ2v) is 9.10. The van der Waals surface area contributed by atoms with E-state index in [9.17, 15) is 13.2 Å². The molecular weight excluding hydrogens is 385 g/mol. The molecule has 4 heteroatoms. The van der Waals surface area contributed by atoms with Crippen LogP contribution >= 0.6 is 0 Å². The fourth-order valence-corrected chi connectivity index (χ4v) is 5.65. The Morgan fingerprint density at radius 2 is 1.73 bits per heavy atom. The van der Waals surface area contributed by atoms with Crippen molar-refractivity contribution in [2.45, 2.75) is 64.7 Å². The Labute approximate surface area is 177 Å². The van der Waals surface area contributed by atoms with Gasteiger partial charge in [-0.1, -0.05) is 38.0 Å². The molecule has 0 saturated heterocycles. The zero-order chi connectivity index (χ0) is 21.3. The summed E-state index contributed by atoms with van der Waals surface area (Å²) in [5, 5.41) is 0.0861. The third-order valence-corrected chi connectivity index (χ3v) is 7.40. The maximum absolute atomic E-state index is 14.9. The molecule has 2 aliphatic rings. The van der Waals surface area contributed by atoms with Crippen molar-refractivity contribution in [2.24, 2.45) is 17.8 Å². The van der Waals surface area contributed by atoms with Crippen molar-refractivity contribution >= 4 is 10.8 Å². The van der Waals surface area contributed by atoms with Crippen LogP contribution in [0.15, 0.2) is 30.4 Å². The second-order valence-electron chi connectivity index (χ2n) is 9.10. The van der Waals surface area contributed by atoms with Crippen molar-refractivity contribution < 1.29 is 17.9 Å². The van der Waals surface area contributed by atoms with Gasteiger partial charge in [0.15, 0.2) is 11.6 Å². The van der Waals surface area contributed by atoms with Gasteiger partial charge >= 0.3 is 0 Å². The molecule has 2 aromatic rings. The van der Waals surface area contributed by atoms with Gasteiger partial charge in [0, 0.05) is 0 Å². The molecule has 4 atom stereocenters. The summed E-state index contributed by atoms with van der Waals surface area (Å²) in [6.07, 6.45) is 11.9. The van der Waals surface area contributed by atoms with Crippen LogP contribution in [0, 0.1) is 35.2 Å². The Hall–Kier alpha value is -1.97. The van der Waals surface area contributed by atoms with E-state index in [0.29, 0.717) is 11.3 Å². The van der Waals surface area contributed by atoms with Gasteiger partial charge in [0.1, 0.15) is 12.4 Å². The average Bonchev–Trinajstić information content (AvgIpc) is 2.76. The lowest BCUT2D eigenvalue weighted by molar-refractivity contribution is 0.116. The van der Waals surface area contributed by atoms with Gasteiger partial charge in [-0.15, -0.1) is 0 Å². The van der Waals surface area contributed by atoms with Crippen molar-refractivity contribution in [3.63, 3.8) is 0 Å². The summed E-state index contributed by atoms with van der Waals surface area (Å²) in [6, 6.07) is 4.70. The van der Waals surface area contributed by atoms with Crippen LogP contribution in [0.3, 0.4) is 0 Å². The molecule has 0 aliphatic heterocycles. The van der Waals surface area contributed by atoms with E-state index in [1.165, 1.54) is 44.2 Å².